The van der Waals surface area contributed by atoms with Crippen molar-refractivity contribution in [3.8, 4) is 0 Å². The van der Waals surface area contributed by atoms with Gasteiger partial charge in [0.25, 0.3) is 11.8 Å². The predicted octanol–water partition coefficient (Wildman–Crippen LogP) is 1.66. The van der Waals surface area contributed by atoms with E-state index in [1.807, 2.05) is 11.8 Å². The minimum absolute atomic E-state index is 0.00960. The van der Waals surface area contributed by atoms with Crippen LogP contribution in [-0.4, -0.2) is 91.9 Å². The van der Waals surface area contributed by atoms with Gasteiger partial charge in [0.1, 0.15) is 4.88 Å². The van der Waals surface area contributed by atoms with Gasteiger partial charge >= 0.3 is 5.97 Å². The first-order valence-corrected chi connectivity index (χ1v) is 12.8. The number of H-pyrrole nitrogens is 1. The summed E-state index contributed by atoms with van der Waals surface area (Å²) in [6.07, 6.45) is 0.808. The number of hydrogen-bond donors (Lipinski definition) is 3. The summed E-state index contributed by atoms with van der Waals surface area (Å²) in [5, 5.41) is 6.43. The second-order valence-corrected chi connectivity index (χ2v) is 9.28. The van der Waals surface area contributed by atoms with Crippen molar-refractivity contribution in [2.75, 3.05) is 52.0 Å². The lowest BCUT2D eigenvalue weighted by atomic mass is 10.0. The number of thiazole rings is 1. The van der Waals surface area contributed by atoms with Gasteiger partial charge in [-0.05, 0) is 19.8 Å². The number of anilines is 1. The Kier molecular flexibility index (Phi) is 10.0. The van der Waals surface area contributed by atoms with E-state index in [0.29, 0.717) is 43.4 Å². The van der Waals surface area contributed by atoms with Crippen LogP contribution in [0.15, 0.2) is 0 Å². The lowest BCUT2D eigenvalue weighted by molar-refractivity contribution is 0.0527. The van der Waals surface area contributed by atoms with Crippen molar-refractivity contribution in [3.63, 3.8) is 0 Å². The van der Waals surface area contributed by atoms with Crippen molar-refractivity contribution in [1.29, 1.82) is 0 Å². The van der Waals surface area contributed by atoms with Crippen LogP contribution in [0, 0.1) is 0 Å². The maximum atomic E-state index is 12.7. The zero-order valence-electron chi connectivity index (χ0n) is 20.7. The Hall–Kier alpha value is -2.74. The van der Waals surface area contributed by atoms with Gasteiger partial charge in [0.15, 0.2) is 21.8 Å². The molecule has 0 unspecified atom stereocenters. The van der Waals surface area contributed by atoms with Crippen molar-refractivity contribution in [2.24, 2.45) is 0 Å². The topological polar surface area (TPSA) is 148 Å². The molecule has 1 aliphatic heterocycles. The number of nitrogens with one attached hydrogen (secondary N) is 3. The highest BCUT2D eigenvalue weighted by Gasteiger charge is 2.34. The summed E-state index contributed by atoms with van der Waals surface area (Å²) in [6.45, 7) is 5.30. The van der Waals surface area contributed by atoms with Gasteiger partial charge in [0.2, 0.25) is 0 Å². The van der Waals surface area contributed by atoms with Gasteiger partial charge in [-0.15, -0.1) is 0 Å². The maximum absolute atomic E-state index is 12.7. The monoisotopic (exact) mass is 542 g/mol. The summed E-state index contributed by atoms with van der Waals surface area (Å²) in [4.78, 5) is 51.5. The number of aromatic amines is 1. The van der Waals surface area contributed by atoms with Crippen LogP contribution in [0.5, 0.6) is 0 Å². The zero-order chi connectivity index (χ0) is 26.2. The number of hydrogen-bond acceptors (Lipinski definition) is 10. The SMILES string of the molecule is CCOC(=O)c1sc(N2CC[C@@H](NC(=O)c3nc(Cl)c(CC)[nH]3)[C@@H](OC)C2)nc1C(=O)NCCOC. The second kappa shape index (κ2) is 13.0. The Bertz CT molecular complexity index is 1080. The highest BCUT2D eigenvalue weighted by Crippen LogP contribution is 2.30. The summed E-state index contributed by atoms with van der Waals surface area (Å²) in [5.41, 5.74) is 0.707. The van der Waals surface area contributed by atoms with Gasteiger partial charge in [-0.3, -0.25) is 9.59 Å². The Labute approximate surface area is 218 Å². The molecule has 0 bridgehead atoms. The minimum Gasteiger partial charge on any atom is -0.462 e. The lowest BCUT2D eigenvalue weighted by Crippen LogP contribution is -2.55. The molecule has 0 saturated carbocycles. The summed E-state index contributed by atoms with van der Waals surface area (Å²) in [5.74, 6) is -1.30. The maximum Gasteiger partial charge on any atom is 0.350 e. The van der Waals surface area contributed by atoms with Gasteiger partial charge in [-0.25, -0.2) is 14.8 Å². The number of nitrogens with zero attached hydrogens (tertiary/aromatic N) is 3. The van der Waals surface area contributed by atoms with Gasteiger partial charge in [0, 0.05) is 33.9 Å². The van der Waals surface area contributed by atoms with E-state index in [9.17, 15) is 14.4 Å². The number of aryl methyl sites for hydroxylation is 1. The summed E-state index contributed by atoms with van der Waals surface area (Å²) >= 11 is 7.15. The second-order valence-electron chi connectivity index (χ2n) is 7.94. The summed E-state index contributed by atoms with van der Waals surface area (Å²) in [6, 6.07) is -0.283. The number of carbonyl (C=O) groups is 3. The smallest absolute Gasteiger partial charge is 0.350 e. The molecule has 1 fully saturated rings. The first-order valence-electron chi connectivity index (χ1n) is 11.6. The van der Waals surface area contributed by atoms with Crippen molar-refractivity contribution < 1.29 is 28.6 Å². The van der Waals surface area contributed by atoms with Gasteiger partial charge < -0.3 is 34.7 Å². The molecule has 0 radical (unpaired) electrons. The molecule has 3 heterocycles. The molecule has 2 aromatic rings. The fourth-order valence-electron chi connectivity index (χ4n) is 3.74. The van der Waals surface area contributed by atoms with E-state index in [1.165, 1.54) is 7.11 Å². The third-order valence-electron chi connectivity index (χ3n) is 5.63. The summed E-state index contributed by atoms with van der Waals surface area (Å²) in [7, 11) is 3.09. The van der Waals surface area contributed by atoms with Crippen molar-refractivity contribution in [2.45, 2.75) is 38.8 Å². The molecule has 198 valence electrons. The largest absolute Gasteiger partial charge is 0.462 e. The van der Waals surface area contributed by atoms with Gasteiger partial charge in [0.05, 0.1) is 31.1 Å². The van der Waals surface area contributed by atoms with Crippen LogP contribution in [0.2, 0.25) is 5.15 Å². The Morgan fingerprint density at radius 1 is 1.22 bits per heavy atom. The Balaban J connectivity index is 1.73. The number of methoxy groups -OCH3 is 2. The van der Waals surface area contributed by atoms with Crippen LogP contribution in [0.1, 0.15) is 56.7 Å². The van der Waals surface area contributed by atoms with E-state index in [-0.39, 0.29) is 52.8 Å². The molecule has 36 heavy (non-hydrogen) atoms. The van der Waals surface area contributed by atoms with E-state index in [1.54, 1.807) is 14.0 Å². The quantitative estimate of drug-likeness (QED) is 0.285. The van der Waals surface area contributed by atoms with E-state index in [4.69, 9.17) is 25.8 Å². The number of imidazole rings is 1. The molecule has 2 atom stereocenters. The normalized spacial score (nSPS) is 17.6. The standard InChI is InChI=1S/C22H31ClN6O6S/c1-5-12-17(23)28-18(25-12)20(31)26-13-7-9-29(11-14(13)34-4)22-27-15(19(30)24-8-10-33-3)16(36-22)21(32)35-6-2/h13-14H,5-11H2,1-4H3,(H,24,30)(H,25,28)(H,26,31)/t13-,14+/m1/s1. The number of esters is 1. The number of ether oxygens (including phenoxy) is 3. The number of carbonyl (C=O) groups excluding carboxylic acids is 3. The number of rotatable bonds is 11. The van der Waals surface area contributed by atoms with Crippen molar-refractivity contribution in [3.05, 3.63) is 27.2 Å². The van der Waals surface area contributed by atoms with Crippen LogP contribution >= 0.6 is 22.9 Å². The highest BCUT2D eigenvalue weighted by molar-refractivity contribution is 7.17. The number of piperidine rings is 1. The molecule has 1 saturated heterocycles. The number of aromatic nitrogens is 3. The molecular formula is C22H31ClN6O6S. The zero-order valence-corrected chi connectivity index (χ0v) is 22.3. The van der Waals surface area contributed by atoms with Gasteiger partial charge in [-0.1, -0.05) is 29.9 Å². The fourth-order valence-corrected chi connectivity index (χ4v) is 5.00. The van der Waals surface area contributed by atoms with Crippen LogP contribution in [0.4, 0.5) is 5.13 Å². The van der Waals surface area contributed by atoms with Crippen LogP contribution in [0.25, 0.3) is 0 Å². The number of halogens is 1. The first kappa shape index (κ1) is 27.8. The lowest BCUT2D eigenvalue weighted by Gasteiger charge is -2.37. The Morgan fingerprint density at radius 2 is 2.00 bits per heavy atom. The number of amides is 2. The predicted molar refractivity (Wildman–Crippen MR) is 134 cm³/mol. The Morgan fingerprint density at radius 3 is 2.64 bits per heavy atom. The van der Waals surface area contributed by atoms with E-state index >= 15 is 0 Å². The molecule has 12 nitrogen and oxygen atoms in total. The van der Waals surface area contributed by atoms with E-state index in [2.05, 4.69) is 25.6 Å². The van der Waals surface area contributed by atoms with Crippen LogP contribution < -0.4 is 15.5 Å². The molecule has 3 N–H and O–H groups in total. The average molecular weight is 543 g/mol. The molecule has 0 spiro atoms. The van der Waals surface area contributed by atoms with Gasteiger partial charge in [-0.2, -0.15) is 0 Å². The fraction of sp³-hybridized carbons (Fsp3) is 0.591. The average Bonchev–Trinajstić information content (AvgIpc) is 3.48. The van der Waals surface area contributed by atoms with E-state index in [0.717, 1.165) is 11.3 Å². The summed E-state index contributed by atoms with van der Waals surface area (Å²) < 4.78 is 15.7. The molecule has 14 heteroatoms. The first-order chi connectivity index (χ1) is 17.3. The van der Waals surface area contributed by atoms with E-state index < -0.39 is 11.9 Å². The molecule has 2 aromatic heterocycles. The molecule has 1 aliphatic rings. The van der Waals surface area contributed by atoms with Crippen LogP contribution in [-0.2, 0) is 20.6 Å². The molecule has 0 aromatic carbocycles. The highest BCUT2D eigenvalue weighted by atomic mass is 35.5. The third-order valence-corrected chi connectivity index (χ3v) is 7.04. The molecule has 2 amide bonds. The third kappa shape index (κ3) is 6.52. The van der Waals surface area contributed by atoms with Crippen LogP contribution in [0.3, 0.4) is 0 Å². The molecule has 3 rings (SSSR count). The van der Waals surface area contributed by atoms with Crippen molar-refractivity contribution in [1.82, 2.24) is 25.6 Å². The molecule has 0 aliphatic carbocycles. The molecular weight excluding hydrogens is 512 g/mol. The van der Waals surface area contributed by atoms with Crippen molar-refractivity contribution >= 4 is 45.9 Å². The minimum atomic E-state index is -0.605.